The van der Waals surface area contributed by atoms with Crippen molar-refractivity contribution in [2.45, 2.75) is 26.1 Å². The summed E-state index contributed by atoms with van der Waals surface area (Å²) in [6, 6.07) is 8.46. The average Bonchev–Trinajstić information content (AvgIpc) is 2.50. The molecule has 2 aromatic carbocycles. The molecule has 3 nitrogen and oxygen atoms in total. The van der Waals surface area contributed by atoms with Gasteiger partial charge in [0.15, 0.2) is 0 Å². The van der Waals surface area contributed by atoms with Crippen LogP contribution in [0.3, 0.4) is 0 Å². The maximum Gasteiger partial charge on any atom is 0.416 e. The van der Waals surface area contributed by atoms with Gasteiger partial charge in [-0.1, -0.05) is 6.07 Å². The number of nitrogens with one attached hydrogen (secondary N) is 1. The fraction of sp³-hybridized carbons (Fsp3) is 0.235. The van der Waals surface area contributed by atoms with E-state index in [9.17, 15) is 13.2 Å². The third-order valence-electron chi connectivity index (χ3n) is 2.97. The highest BCUT2D eigenvalue weighted by Gasteiger charge is 2.30. The number of benzene rings is 2. The first kappa shape index (κ1) is 19.8. The summed E-state index contributed by atoms with van der Waals surface area (Å²) in [5, 5.41) is 3.98. The molecule has 0 aliphatic carbocycles. The van der Waals surface area contributed by atoms with E-state index in [0.29, 0.717) is 5.75 Å². The molecule has 0 aliphatic rings. The summed E-state index contributed by atoms with van der Waals surface area (Å²) in [5.41, 5.74) is 2.87. The summed E-state index contributed by atoms with van der Waals surface area (Å²) in [6.07, 6.45) is -2.85. The largest absolute Gasteiger partial charge is 0.489 e. The minimum atomic E-state index is -4.39. The molecular formula is C17H15Br2F3N2O. The number of nitrogens with zero attached hydrogens (tertiary/aromatic N) is 1. The third-order valence-corrected chi connectivity index (χ3v) is 4.15. The predicted molar refractivity (Wildman–Crippen MR) is 100 cm³/mol. The molecule has 25 heavy (non-hydrogen) atoms. The Morgan fingerprint density at radius 1 is 1.12 bits per heavy atom. The molecule has 0 aromatic heterocycles. The average molecular weight is 480 g/mol. The van der Waals surface area contributed by atoms with Crippen molar-refractivity contribution in [2.24, 2.45) is 5.10 Å². The Bertz CT molecular complexity index is 754. The first-order chi connectivity index (χ1) is 11.7. The fourth-order valence-electron chi connectivity index (χ4n) is 1.95. The molecule has 2 aromatic rings. The number of alkyl halides is 3. The van der Waals surface area contributed by atoms with Crippen LogP contribution in [0.5, 0.6) is 5.75 Å². The summed E-state index contributed by atoms with van der Waals surface area (Å²) in [5.74, 6) is 0.679. The van der Waals surface area contributed by atoms with Crippen molar-refractivity contribution in [3.8, 4) is 5.75 Å². The van der Waals surface area contributed by atoms with Gasteiger partial charge in [0.1, 0.15) is 5.75 Å². The highest BCUT2D eigenvalue weighted by molar-refractivity contribution is 9.11. The molecule has 0 radical (unpaired) electrons. The first-order valence-corrected chi connectivity index (χ1v) is 8.87. The third kappa shape index (κ3) is 5.74. The number of halogens is 5. The van der Waals surface area contributed by atoms with Gasteiger partial charge in [-0.2, -0.15) is 18.3 Å². The Balaban J connectivity index is 2.13. The van der Waals surface area contributed by atoms with Gasteiger partial charge in [-0.15, -0.1) is 0 Å². The Morgan fingerprint density at radius 3 is 2.32 bits per heavy atom. The van der Waals surface area contributed by atoms with Gasteiger partial charge in [-0.05, 0) is 81.6 Å². The summed E-state index contributed by atoms with van der Waals surface area (Å²) in [7, 11) is 0. The Morgan fingerprint density at radius 2 is 1.76 bits per heavy atom. The fourth-order valence-corrected chi connectivity index (χ4v) is 3.36. The minimum Gasteiger partial charge on any atom is -0.489 e. The summed E-state index contributed by atoms with van der Waals surface area (Å²) < 4.78 is 45.2. The van der Waals surface area contributed by atoms with Crippen LogP contribution in [-0.2, 0) is 6.18 Å². The maximum atomic E-state index is 12.7. The highest BCUT2D eigenvalue weighted by atomic mass is 79.9. The van der Waals surface area contributed by atoms with Gasteiger partial charge >= 0.3 is 6.18 Å². The van der Waals surface area contributed by atoms with E-state index in [1.54, 1.807) is 12.1 Å². The molecular weight excluding hydrogens is 465 g/mol. The second kappa shape index (κ2) is 8.23. The SMILES string of the molecule is CC(C)Oc1c(Br)cc(C=NNc2cccc(C(F)(F)F)c2)cc1Br. The van der Waals surface area contributed by atoms with Gasteiger partial charge in [-0.3, -0.25) is 5.43 Å². The standard InChI is InChI=1S/C17H15Br2F3N2O/c1-10(2)25-16-14(18)6-11(7-15(16)19)9-23-24-13-5-3-4-12(8-13)17(20,21)22/h3-10,24H,1-2H3. The molecule has 8 heteroatoms. The molecule has 0 amide bonds. The summed E-state index contributed by atoms with van der Waals surface area (Å²) in [6.45, 7) is 3.85. The zero-order valence-corrected chi connectivity index (χ0v) is 16.5. The topological polar surface area (TPSA) is 33.6 Å². The van der Waals surface area contributed by atoms with Crippen LogP contribution >= 0.6 is 31.9 Å². The van der Waals surface area contributed by atoms with Crippen molar-refractivity contribution in [1.29, 1.82) is 0 Å². The Labute approximate surface area is 160 Å². The van der Waals surface area contributed by atoms with Gasteiger partial charge in [0.05, 0.1) is 32.5 Å². The van der Waals surface area contributed by atoms with Crippen LogP contribution < -0.4 is 10.2 Å². The van der Waals surface area contributed by atoms with Gasteiger partial charge in [0, 0.05) is 0 Å². The zero-order chi connectivity index (χ0) is 18.6. The molecule has 0 heterocycles. The number of hydrogen-bond acceptors (Lipinski definition) is 3. The number of rotatable bonds is 5. The quantitative estimate of drug-likeness (QED) is 0.394. The number of hydrazone groups is 1. The van der Waals surface area contributed by atoms with E-state index < -0.39 is 11.7 Å². The second-order valence-corrected chi connectivity index (χ2v) is 7.14. The predicted octanol–water partition coefficient (Wildman–Crippen LogP) is 6.46. The van der Waals surface area contributed by atoms with E-state index in [0.717, 1.165) is 26.6 Å². The number of ether oxygens (including phenoxy) is 1. The first-order valence-electron chi connectivity index (χ1n) is 7.29. The normalized spacial score (nSPS) is 12.0. The molecule has 1 N–H and O–H groups in total. The molecule has 0 saturated heterocycles. The molecule has 0 atom stereocenters. The molecule has 0 unspecified atom stereocenters. The van der Waals surface area contributed by atoms with Gasteiger partial charge in [0.2, 0.25) is 0 Å². The minimum absolute atomic E-state index is 0.0229. The van der Waals surface area contributed by atoms with Crippen molar-refractivity contribution in [3.63, 3.8) is 0 Å². The van der Waals surface area contributed by atoms with Crippen LogP contribution in [0.15, 0.2) is 50.4 Å². The summed E-state index contributed by atoms with van der Waals surface area (Å²) >= 11 is 6.87. The molecule has 0 saturated carbocycles. The van der Waals surface area contributed by atoms with Crippen molar-refractivity contribution in [1.82, 2.24) is 0 Å². The van der Waals surface area contributed by atoms with Gasteiger partial charge in [0.25, 0.3) is 0 Å². The molecule has 0 spiro atoms. The lowest BCUT2D eigenvalue weighted by atomic mass is 10.2. The van der Waals surface area contributed by atoms with Crippen molar-refractivity contribution >= 4 is 43.8 Å². The number of anilines is 1. The maximum absolute atomic E-state index is 12.7. The van der Waals surface area contributed by atoms with Crippen LogP contribution in [0.2, 0.25) is 0 Å². The molecule has 2 rings (SSSR count). The van der Waals surface area contributed by atoms with Gasteiger partial charge < -0.3 is 4.74 Å². The lowest BCUT2D eigenvalue weighted by Gasteiger charge is -2.14. The van der Waals surface area contributed by atoms with E-state index in [2.05, 4.69) is 42.4 Å². The zero-order valence-electron chi connectivity index (χ0n) is 13.4. The Kier molecular flexibility index (Phi) is 6.51. The van der Waals surface area contributed by atoms with E-state index >= 15 is 0 Å². The van der Waals surface area contributed by atoms with E-state index in [-0.39, 0.29) is 11.8 Å². The van der Waals surface area contributed by atoms with E-state index in [1.165, 1.54) is 18.3 Å². The second-order valence-electron chi connectivity index (χ2n) is 5.43. The van der Waals surface area contributed by atoms with Crippen LogP contribution in [0.25, 0.3) is 0 Å². The van der Waals surface area contributed by atoms with Crippen molar-refractivity contribution < 1.29 is 17.9 Å². The molecule has 0 aliphatic heterocycles. The van der Waals surface area contributed by atoms with Gasteiger partial charge in [-0.25, -0.2) is 0 Å². The Hall–Kier alpha value is -1.54. The smallest absolute Gasteiger partial charge is 0.416 e. The van der Waals surface area contributed by atoms with E-state index in [1.807, 2.05) is 13.8 Å². The van der Waals surface area contributed by atoms with Crippen LogP contribution in [0.1, 0.15) is 25.0 Å². The monoisotopic (exact) mass is 478 g/mol. The number of hydrogen-bond donors (Lipinski definition) is 1. The van der Waals surface area contributed by atoms with Crippen molar-refractivity contribution in [2.75, 3.05) is 5.43 Å². The molecule has 0 bridgehead atoms. The molecule has 0 fully saturated rings. The van der Waals surface area contributed by atoms with Crippen LogP contribution in [-0.4, -0.2) is 12.3 Å². The van der Waals surface area contributed by atoms with Crippen molar-refractivity contribution in [3.05, 3.63) is 56.5 Å². The highest BCUT2D eigenvalue weighted by Crippen LogP contribution is 2.35. The lowest BCUT2D eigenvalue weighted by molar-refractivity contribution is -0.137. The molecule has 134 valence electrons. The summed E-state index contributed by atoms with van der Waals surface area (Å²) in [4.78, 5) is 0. The van der Waals surface area contributed by atoms with Crippen LogP contribution in [0, 0.1) is 0 Å². The lowest BCUT2D eigenvalue weighted by Crippen LogP contribution is -2.07. The van der Waals surface area contributed by atoms with E-state index in [4.69, 9.17) is 4.74 Å². The van der Waals surface area contributed by atoms with Crippen LogP contribution in [0.4, 0.5) is 18.9 Å².